The van der Waals surface area contributed by atoms with Gasteiger partial charge in [0.2, 0.25) is 0 Å². The summed E-state index contributed by atoms with van der Waals surface area (Å²) < 4.78 is 0. The number of carboxylic acid groups (broad SMARTS) is 1. The summed E-state index contributed by atoms with van der Waals surface area (Å²) in [6.07, 6.45) is 0. The molecule has 2 amide bonds. The zero-order valence-electron chi connectivity index (χ0n) is 11.8. The van der Waals surface area contributed by atoms with Gasteiger partial charge < -0.3 is 15.5 Å². The highest BCUT2D eigenvalue weighted by Crippen LogP contribution is 2.20. The standard InChI is InChI=1S/C14H20N2O4/c1-4-16(10-6-5-7-11(17)8-10)14(20)15-12(9(2)3)13(18)19/h5-9,12,17H,4H2,1-3H3,(H,15,20)(H,18,19)/t12-/m1/s1. The first-order valence-electron chi connectivity index (χ1n) is 6.46. The van der Waals surface area contributed by atoms with Crippen molar-refractivity contribution >= 4 is 17.7 Å². The molecule has 0 spiro atoms. The van der Waals surface area contributed by atoms with Crippen LogP contribution in [0.3, 0.4) is 0 Å². The van der Waals surface area contributed by atoms with E-state index in [-0.39, 0.29) is 11.7 Å². The van der Waals surface area contributed by atoms with Gasteiger partial charge >= 0.3 is 12.0 Å². The minimum atomic E-state index is -1.07. The van der Waals surface area contributed by atoms with E-state index < -0.39 is 18.0 Å². The molecule has 0 heterocycles. The highest BCUT2D eigenvalue weighted by atomic mass is 16.4. The summed E-state index contributed by atoms with van der Waals surface area (Å²) in [5.41, 5.74) is 0.512. The lowest BCUT2D eigenvalue weighted by Gasteiger charge is -2.25. The van der Waals surface area contributed by atoms with Crippen molar-refractivity contribution in [3.63, 3.8) is 0 Å². The second-order valence-corrected chi connectivity index (χ2v) is 4.77. The molecule has 110 valence electrons. The number of anilines is 1. The van der Waals surface area contributed by atoms with Gasteiger partial charge in [0, 0.05) is 18.3 Å². The molecule has 0 radical (unpaired) electrons. The van der Waals surface area contributed by atoms with Gasteiger partial charge in [-0.15, -0.1) is 0 Å². The van der Waals surface area contributed by atoms with Crippen LogP contribution in [0.15, 0.2) is 24.3 Å². The number of aromatic hydroxyl groups is 1. The topological polar surface area (TPSA) is 89.9 Å². The van der Waals surface area contributed by atoms with E-state index in [0.29, 0.717) is 12.2 Å². The van der Waals surface area contributed by atoms with Crippen LogP contribution >= 0.6 is 0 Å². The molecule has 6 heteroatoms. The molecular formula is C14H20N2O4. The normalized spacial score (nSPS) is 12.0. The number of phenols is 1. The SMILES string of the molecule is CCN(C(=O)N[C@@H](C(=O)O)C(C)C)c1cccc(O)c1. The van der Waals surface area contributed by atoms with Gasteiger partial charge in [0.25, 0.3) is 0 Å². The molecule has 1 aromatic carbocycles. The molecule has 3 N–H and O–H groups in total. The number of hydrogen-bond acceptors (Lipinski definition) is 3. The predicted molar refractivity (Wildman–Crippen MR) is 75.9 cm³/mol. The van der Waals surface area contributed by atoms with Crippen LogP contribution in [0.1, 0.15) is 20.8 Å². The predicted octanol–water partition coefficient (Wildman–Crippen LogP) is 2.04. The van der Waals surface area contributed by atoms with Gasteiger partial charge in [-0.1, -0.05) is 19.9 Å². The lowest BCUT2D eigenvalue weighted by Crippen LogP contribution is -2.50. The lowest BCUT2D eigenvalue weighted by molar-refractivity contribution is -0.140. The number of phenolic OH excluding ortho intramolecular Hbond substituents is 1. The molecule has 0 saturated carbocycles. The molecule has 1 aromatic rings. The van der Waals surface area contributed by atoms with Crippen LogP contribution in [0.2, 0.25) is 0 Å². The number of carbonyl (C=O) groups is 2. The quantitative estimate of drug-likeness (QED) is 0.770. The Labute approximate surface area is 118 Å². The average Bonchev–Trinajstić information content (AvgIpc) is 2.36. The number of nitrogens with one attached hydrogen (secondary N) is 1. The Balaban J connectivity index is 2.90. The van der Waals surface area contributed by atoms with E-state index in [4.69, 9.17) is 5.11 Å². The molecule has 6 nitrogen and oxygen atoms in total. The van der Waals surface area contributed by atoms with Crippen LogP contribution in [0.25, 0.3) is 0 Å². The Morgan fingerprint density at radius 3 is 2.45 bits per heavy atom. The van der Waals surface area contributed by atoms with Crippen LogP contribution in [0.5, 0.6) is 5.75 Å². The molecule has 0 fully saturated rings. The average molecular weight is 280 g/mol. The van der Waals surface area contributed by atoms with E-state index in [2.05, 4.69) is 5.32 Å². The second-order valence-electron chi connectivity index (χ2n) is 4.77. The Kier molecular flexibility index (Phi) is 5.37. The van der Waals surface area contributed by atoms with Crippen LogP contribution < -0.4 is 10.2 Å². The molecule has 20 heavy (non-hydrogen) atoms. The van der Waals surface area contributed by atoms with Crippen molar-refractivity contribution in [3.05, 3.63) is 24.3 Å². The monoisotopic (exact) mass is 280 g/mol. The van der Waals surface area contributed by atoms with E-state index in [1.54, 1.807) is 32.9 Å². The summed E-state index contributed by atoms with van der Waals surface area (Å²) in [6, 6.07) is 4.80. The third-order valence-electron chi connectivity index (χ3n) is 2.91. The van der Waals surface area contributed by atoms with Crippen molar-refractivity contribution in [2.24, 2.45) is 5.92 Å². The van der Waals surface area contributed by atoms with Crippen molar-refractivity contribution in [1.29, 1.82) is 0 Å². The minimum Gasteiger partial charge on any atom is -0.508 e. The summed E-state index contributed by atoms with van der Waals surface area (Å²) >= 11 is 0. The fourth-order valence-corrected chi connectivity index (χ4v) is 1.83. The molecule has 0 aliphatic rings. The summed E-state index contributed by atoms with van der Waals surface area (Å²) in [7, 11) is 0. The minimum absolute atomic E-state index is 0.0485. The number of nitrogens with zero attached hydrogens (tertiary/aromatic N) is 1. The second kappa shape index (κ2) is 6.79. The van der Waals surface area contributed by atoms with Crippen LogP contribution in [0, 0.1) is 5.92 Å². The van der Waals surface area contributed by atoms with Crippen LogP contribution in [-0.2, 0) is 4.79 Å². The fourth-order valence-electron chi connectivity index (χ4n) is 1.83. The van der Waals surface area contributed by atoms with Crippen molar-refractivity contribution in [1.82, 2.24) is 5.32 Å². The van der Waals surface area contributed by atoms with Gasteiger partial charge in [-0.25, -0.2) is 9.59 Å². The molecular weight excluding hydrogens is 260 g/mol. The summed E-state index contributed by atoms with van der Waals surface area (Å²) in [5.74, 6) is -1.24. The molecule has 1 atom stereocenters. The van der Waals surface area contributed by atoms with E-state index in [1.807, 2.05) is 0 Å². The van der Waals surface area contributed by atoms with Crippen LogP contribution in [-0.4, -0.2) is 34.8 Å². The first-order chi connectivity index (χ1) is 9.36. The van der Waals surface area contributed by atoms with Gasteiger partial charge in [0.1, 0.15) is 11.8 Å². The number of amides is 2. The highest BCUT2D eigenvalue weighted by Gasteiger charge is 2.26. The van der Waals surface area contributed by atoms with Gasteiger partial charge in [0.15, 0.2) is 0 Å². The van der Waals surface area contributed by atoms with Gasteiger partial charge in [-0.2, -0.15) is 0 Å². The summed E-state index contributed by atoms with van der Waals surface area (Å²) in [6.45, 7) is 5.59. The molecule has 1 rings (SSSR count). The zero-order chi connectivity index (χ0) is 15.3. The van der Waals surface area contributed by atoms with Gasteiger partial charge in [0.05, 0.1) is 0 Å². The number of carbonyl (C=O) groups excluding carboxylic acids is 1. The number of benzene rings is 1. The number of rotatable bonds is 5. The van der Waals surface area contributed by atoms with Crippen molar-refractivity contribution in [2.75, 3.05) is 11.4 Å². The maximum atomic E-state index is 12.2. The van der Waals surface area contributed by atoms with Gasteiger partial charge in [-0.05, 0) is 25.0 Å². The first kappa shape index (κ1) is 15.8. The largest absolute Gasteiger partial charge is 0.508 e. The fraction of sp³-hybridized carbons (Fsp3) is 0.429. The third-order valence-corrected chi connectivity index (χ3v) is 2.91. The number of carboxylic acids is 1. The Morgan fingerprint density at radius 1 is 1.35 bits per heavy atom. The molecule has 0 aliphatic heterocycles. The number of aliphatic carboxylic acids is 1. The van der Waals surface area contributed by atoms with Gasteiger partial charge in [-0.3, -0.25) is 4.90 Å². The molecule has 0 aromatic heterocycles. The smallest absolute Gasteiger partial charge is 0.326 e. The van der Waals surface area contributed by atoms with E-state index in [0.717, 1.165) is 0 Å². The Morgan fingerprint density at radius 2 is 2.00 bits per heavy atom. The molecule has 0 bridgehead atoms. The molecule has 0 aliphatic carbocycles. The Hall–Kier alpha value is -2.24. The highest BCUT2D eigenvalue weighted by molar-refractivity contribution is 5.94. The molecule has 0 unspecified atom stereocenters. The van der Waals surface area contributed by atoms with Crippen LogP contribution in [0.4, 0.5) is 10.5 Å². The summed E-state index contributed by atoms with van der Waals surface area (Å²) in [5, 5.41) is 21.0. The molecule has 0 saturated heterocycles. The number of hydrogen-bond donors (Lipinski definition) is 3. The van der Waals surface area contributed by atoms with E-state index in [9.17, 15) is 14.7 Å². The maximum absolute atomic E-state index is 12.2. The maximum Gasteiger partial charge on any atom is 0.326 e. The Bertz CT molecular complexity index is 488. The van der Waals surface area contributed by atoms with Crippen molar-refractivity contribution in [3.8, 4) is 5.75 Å². The first-order valence-corrected chi connectivity index (χ1v) is 6.46. The zero-order valence-corrected chi connectivity index (χ0v) is 11.8. The van der Waals surface area contributed by atoms with Crippen molar-refractivity contribution < 1.29 is 19.8 Å². The van der Waals surface area contributed by atoms with Crippen molar-refractivity contribution in [2.45, 2.75) is 26.8 Å². The summed E-state index contributed by atoms with van der Waals surface area (Å²) in [4.78, 5) is 24.7. The lowest BCUT2D eigenvalue weighted by atomic mass is 10.1. The van der Waals surface area contributed by atoms with E-state index >= 15 is 0 Å². The third kappa shape index (κ3) is 3.88. The number of urea groups is 1. The van der Waals surface area contributed by atoms with E-state index in [1.165, 1.54) is 17.0 Å².